The Bertz CT molecular complexity index is 164. The van der Waals surface area contributed by atoms with Gasteiger partial charge in [0.15, 0.2) is 0 Å². The number of nitrogens with two attached hydrogens (primary N) is 1. The molecule has 0 fully saturated rings. The van der Waals surface area contributed by atoms with Crippen molar-refractivity contribution in [2.75, 3.05) is 0 Å². The molecule has 4 nitrogen and oxygen atoms in total. The van der Waals surface area contributed by atoms with Gasteiger partial charge in [-0.1, -0.05) is 0 Å². The molecule has 11 heavy (non-hydrogen) atoms. The van der Waals surface area contributed by atoms with Gasteiger partial charge < -0.3 is 15.3 Å². The van der Waals surface area contributed by atoms with Crippen molar-refractivity contribution in [3.8, 4) is 0 Å². The lowest BCUT2D eigenvalue weighted by Crippen LogP contribution is -2.25. The number of carboxylic acid groups (broad SMARTS) is 1. The average molecular weight is 157 g/mol. The van der Waals surface area contributed by atoms with Crippen LogP contribution in [0.4, 0.5) is 0 Å². The first-order valence-corrected chi connectivity index (χ1v) is 3.10. The van der Waals surface area contributed by atoms with Crippen molar-refractivity contribution in [3.05, 3.63) is 24.7 Å². The first-order valence-electron chi connectivity index (χ1n) is 3.10. The molecule has 0 saturated heterocycles. The van der Waals surface area contributed by atoms with Crippen molar-refractivity contribution in [2.24, 2.45) is 5.73 Å². The minimum atomic E-state index is -0.963. The molecular weight excluding hydrogens is 146 g/mol. The normalized spacial score (nSPS) is 11.1. The van der Waals surface area contributed by atoms with E-state index in [1.807, 2.05) is 12.1 Å². The van der Waals surface area contributed by atoms with Crippen LogP contribution in [0.25, 0.3) is 0 Å². The number of hydrogen-bond acceptors (Lipinski definition) is 3. The SMILES string of the molecule is CC(N)C(=O)O.c1ccoc1. The summed E-state index contributed by atoms with van der Waals surface area (Å²) in [4.78, 5) is 9.57. The maximum Gasteiger partial charge on any atom is 0.320 e. The van der Waals surface area contributed by atoms with E-state index in [1.54, 1.807) is 12.5 Å². The third-order valence-corrected chi connectivity index (χ3v) is 0.815. The van der Waals surface area contributed by atoms with E-state index in [9.17, 15) is 4.79 Å². The van der Waals surface area contributed by atoms with E-state index in [-0.39, 0.29) is 0 Å². The van der Waals surface area contributed by atoms with E-state index < -0.39 is 12.0 Å². The van der Waals surface area contributed by atoms with Gasteiger partial charge >= 0.3 is 5.97 Å². The Hall–Kier alpha value is -1.29. The summed E-state index contributed by atoms with van der Waals surface area (Å²) in [6, 6.07) is 2.94. The molecule has 0 aliphatic heterocycles. The topological polar surface area (TPSA) is 76.5 Å². The molecular formula is C7H11NO3. The number of carbonyl (C=O) groups is 1. The lowest BCUT2D eigenvalue weighted by Gasteiger charge is -1.90. The zero-order valence-corrected chi connectivity index (χ0v) is 6.23. The maximum absolute atomic E-state index is 9.57. The van der Waals surface area contributed by atoms with Crippen molar-refractivity contribution in [1.82, 2.24) is 0 Å². The van der Waals surface area contributed by atoms with E-state index in [4.69, 9.17) is 10.8 Å². The molecule has 1 atom stereocenters. The third-order valence-electron chi connectivity index (χ3n) is 0.815. The molecule has 0 radical (unpaired) electrons. The number of furan rings is 1. The fourth-order valence-electron chi connectivity index (χ4n) is 0.227. The molecule has 1 heterocycles. The molecule has 0 amide bonds. The first kappa shape index (κ1) is 9.71. The molecule has 1 unspecified atom stereocenters. The summed E-state index contributed by atoms with van der Waals surface area (Å²) in [5.41, 5.74) is 4.84. The quantitative estimate of drug-likeness (QED) is 0.629. The van der Waals surface area contributed by atoms with Crippen LogP contribution in [0.3, 0.4) is 0 Å². The summed E-state index contributed by atoms with van der Waals surface area (Å²) in [5, 5.41) is 7.87. The molecule has 1 rings (SSSR count). The van der Waals surface area contributed by atoms with Gasteiger partial charge in [-0.15, -0.1) is 0 Å². The van der Waals surface area contributed by atoms with Gasteiger partial charge in [0.1, 0.15) is 6.04 Å². The summed E-state index contributed by atoms with van der Waals surface area (Å²) in [5.74, 6) is -0.963. The highest BCUT2D eigenvalue weighted by Gasteiger charge is 1.99. The largest absolute Gasteiger partial charge is 0.480 e. The molecule has 1 aromatic rings. The van der Waals surface area contributed by atoms with Crippen LogP contribution in [0.15, 0.2) is 29.1 Å². The second-order valence-electron chi connectivity index (χ2n) is 1.92. The van der Waals surface area contributed by atoms with Crippen LogP contribution in [0.5, 0.6) is 0 Å². The van der Waals surface area contributed by atoms with E-state index >= 15 is 0 Å². The molecule has 4 heteroatoms. The van der Waals surface area contributed by atoms with E-state index in [1.165, 1.54) is 6.92 Å². The Labute approximate surface area is 64.6 Å². The molecule has 3 N–H and O–H groups in total. The molecule has 0 aromatic carbocycles. The van der Waals surface area contributed by atoms with Crippen LogP contribution in [0, 0.1) is 0 Å². The molecule has 0 aliphatic rings. The van der Waals surface area contributed by atoms with Crippen LogP contribution < -0.4 is 5.73 Å². The predicted octanol–water partition coefficient (Wildman–Crippen LogP) is 0.698. The van der Waals surface area contributed by atoms with Crippen LogP contribution in [0.1, 0.15) is 6.92 Å². The minimum absolute atomic E-state index is 0.731. The molecule has 1 aromatic heterocycles. The lowest BCUT2D eigenvalue weighted by atomic mass is 10.4. The molecule has 0 saturated carbocycles. The number of aliphatic carboxylic acids is 1. The van der Waals surface area contributed by atoms with Gasteiger partial charge in [-0.3, -0.25) is 4.79 Å². The second-order valence-corrected chi connectivity index (χ2v) is 1.92. The fourth-order valence-corrected chi connectivity index (χ4v) is 0.227. The average Bonchev–Trinajstić information content (AvgIpc) is 2.41. The van der Waals surface area contributed by atoms with Gasteiger partial charge in [-0.2, -0.15) is 0 Å². The number of carboxylic acids is 1. The van der Waals surface area contributed by atoms with Crippen molar-refractivity contribution >= 4 is 5.97 Å². The monoisotopic (exact) mass is 157 g/mol. The van der Waals surface area contributed by atoms with Gasteiger partial charge in [0.2, 0.25) is 0 Å². The summed E-state index contributed by atoms with van der Waals surface area (Å²) in [7, 11) is 0. The summed E-state index contributed by atoms with van der Waals surface area (Å²) in [6.07, 6.45) is 3.25. The highest BCUT2D eigenvalue weighted by atomic mass is 16.4. The molecule has 0 spiro atoms. The summed E-state index contributed by atoms with van der Waals surface area (Å²) >= 11 is 0. The van der Waals surface area contributed by atoms with E-state index in [0.717, 1.165) is 0 Å². The van der Waals surface area contributed by atoms with Crippen LogP contribution >= 0.6 is 0 Å². The number of hydrogen-bond donors (Lipinski definition) is 2. The molecule has 62 valence electrons. The zero-order chi connectivity index (χ0) is 8.69. The van der Waals surface area contributed by atoms with E-state index in [0.29, 0.717) is 0 Å². The highest BCUT2D eigenvalue weighted by Crippen LogP contribution is 1.79. The Balaban J connectivity index is 0.000000183. The molecule has 0 aliphatic carbocycles. The Kier molecular flexibility index (Phi) is 4.85. The summed E-state index contributed by atoms with van der Waals surface area (Å²) in [6.45, 7) is 1.42. The second kappa shape index (κ2) is 5.49. The van der Waals surface area contributed by atoms with Gasteiger partial charge in [0.25, 0.3) is 0 Å². The van der Waals surface area contributed by atoms with Crippen LogP contribution in [-0.4, -0.2) is 17.1 Å². The standard InChI is InChI=1S/C4H4O.C3H7NO2/c1-2-4-5-3-1;1-2(4)3(5)6/h1-4H;2H,4H2,1H3,(H,5,6). The Morgan fingerprint density at radius 3 is 2.00 bits per heavy atom. The Morgan fingerprint density at radius 1 is 1.55 bits per heavy atom. The summed E-state index contributed by atoms with van der Waals surface area (Å²) < 4.78 is 4.58. The van der Waals surface area contributed by atoms with Crippen molar-refractivity contribution in [1.29, 1.82) is 0 Å². The lowest BCUT2D eigenvalue weighted by molar-refractivity contribution is -0.138. The van der Waals surface area contributed by atoms with E-state index in [2.05, 4.69) is 4.42 Å². The fraction of sp³-hybridized carbons (Fsp3) is 0.286. The number of rotatable bonds is 1. The zero-order valence-electron chi connectivity index (χ0n) is 6.23. The van der Waals surface area contributed by atoms with Gasteiger partial charge in [-0.05, 0) is 19.1 Å². The first-order chi connectivity index (χ1) is 5.14. The van der Waals surface area contributed by atoms with Crippen molar-refractivity contribution < 1.29 is 14.3 Å². The van der Waals surface area contributed by atoms with Crippen molar-refractivity contribution in [3.63, 3.8) is 0 Å². The smallest absolute Gasteiger partial charge is 0.320 e. The minimum Gasteiger partial charge on any atom is -0.480 e. The highest BCUT2D eigenvalue weighted by molar-refractivity contribution is 5.72. The van der Waals surface area contributed by atoms with Gasteiger partial charge in [0, 0.05) is 0 Å². The maximum atomic E-state index is 9.57. The Morgan fingerprint density at radius 2 is 1.91 bits per heavy atom. The molecule has 0 bridgehead atoms. The van der Waals surface area contributed by atoms with Gasteiger partial charge in [0.05, 0.1) is 12.5 Å². The van der Waals surface area contributed by atoms with Crippen molar-refractivity contribution in [2.45, 2.75) is 13.0 Å². The van der Waals surface area contributed by atoms with Gasteiger partial charge in [-0.25, -0.2) is 0 Å². The van der Waals surface area contributed by atoms with Crippen LogP contribution in [-0.2, 0) is 4.79 Å². The third kappa shape index (κ3) is 6.60. The van der Waals surface area contributed by atoms with Crippen LogP contribution in [0.2, 0.25) is 0 Å². The predicted molar refractivity (Wildman–Crippen MR) is 40.0 cm³/mol.